The molecule has 0 saturated heterocycles. The van der Waals surface area contributed by atoms with Crippen LogP contribution >= 0.6 is 11.8 Å². The van der Waals surface area contributed by atoms with E-state index in [9.17, 15) is 13.2 Å². The summed E-state index contributed by atoms with van der Waals surface area (Å²) in [4.78, 5) is 0. The maximum absolute atomic E-state index is 12.6. The Morgan fingerprint density at radius 2 is 2.06 bits per heavy atom. The van der Waals surface area contributed by atoms with Gasteiger partial charge in [0.15, 0.2) is 5.84 Å². The van der Waals surface area contributed by atoms with Gasteiger partial charge in [-0.25, -0.2) is 0 Å². The molecule has 0 aliphatic heterocycles. The molecule has 0 rings (SSSR count). The van der Waals surface area contributed by atoms with E-state index in [4.69, 9.17) is 16.0 Å². The molecule has 0 aromatic heterocycles. The molecule has 0 heterocycles. The number of hydrogen-bond acceptors (Lipinski definition) is 5. The Balaban J connectivity index is 4.54. The van der Waals surface area contributed by atoms with Crippen LogP contribution in [0.1, 0.15) is 6.92 Å². The van der Waals surface area contributed by atoms with Gasteiger partial charge in [-0.2, -0.15) is 24.9 Å². The lowest BCUT2D eigenvalue weighted by atomic mass is 10.1. The van der Waals surface area contributed by atoms with Crippen molar-refractivity contribution in [1.82, 2.24) is 5.32 Å². The van der Waals surface area contributed by atoms with Gasteiger partial charge in [0.25, 0.3) is 0 Å². The smallest absolute Gasteiger partial charge is 0.400 e. The van der Waals surface area contributed by atoms with Gasteiger partial charge in [-0.3, -0.25) is 0 Å². The molecule has 108 valence electrons. The Hall–Kier alpha value is -0.670. The summed E-state index contributed by atoms with van der Waals surface area (Å²) in [7, 11) is 0. The van der Waals surface area contributed by atoms with Crippen LogP contribution < -0.4 is 11.1 Å². The summed E-state index contributed by atoms with van der Waals surface area (Å²) in [5.41, 5.74) is 5.02. The molecule has 3 unspecified atom stereocenters. The third-order valence-electron chi connectivity index (χ3n) is 2.55. The molecule has 5 nitrogen and oxygen atoms in total. The molecule has 0 radical (unpaired) electrons. The number of nitrogens with two attached hydrogens (primary N) is 1. The standard InChI is InChI=1S/C9H18F3N3O2S/c1-5(7(4-16)18-2)14-3-6(8(13)15-17)9(10,11)12/h5-7,14,16-17H,3-4H2,1-2H3,(H2,13,15). The predicted molar refractivity (Wildman–Crippen MR) is 64.8 cm³/mol. The molecule has 0 aliphatic rings. The Kier molecular flexibility index (Phi) is 7.41. The fourth-order valence-corrected chi connectivity index (χ4v) is 1.98. The van der Waals surface area contributed by atoms with Crippen molar-refractivity contribution in [3.63, 3.8) is 0 Å². The lowest BCUT2D eigenvalue weighted by Gasteiger charge is -2.25. The number of alkyl halides is 3. The van der Waals surface area contributed by atoms with E-state index in [2.05, 4.69) is 10.5 Å². The predicted octanol–water partition coefficient (Wildman–Crippen LogP) is 0.613. The second kappa shape index (κ2) is 7.70. The number of oxime groups is 1. The SMILES string of the molecule is CSC(CO)C(C)NCC(C(N)=NO)C(F)(F)F. The average molecular weight is 289 g/mol. The first-order valence-corrected chi connectivity index (χ1v) is 6.47. The monoisotopic (exact) mass is 289 g/mol. The summed E-state index contributed by atoms with van der Waals surface area (Å²) in [6.45, 7) is 1.02. The number of aliphatic hydroxyl groups is 1. The third-order valence-corrected chi connectivity index (χ3v) is 3.71. The minimum absolute atomic E-state index is 0.143. The normalized spacial score (nSPS) is 18.4. The van der Waals surface area contributed by atoms with E-state index >= 15 is 0 Å². The van der Waals surface area contributed by atoms with E-state index in [-0.39, 0.29) is 17.9 Å². The molecule has 0 bridgehead atoms. The van der Waals surface area contributed by atoms with Crippen molar-refractivity contribution in [2.24, 2.45) is 16.8 Å². The van der Waals surface area contributed by atoms with Crippen molar-refractivity contribution in [3.8, 4) is 0 Å². The van der Waals surface area contributed by atoms with Crippen molar-refractivity contribution in [3.05, 3.63) is 0 Å². The fourth-order valence-electron chi connectivity index (χ4n) is 1.33. The van der Waals surface area contributed by atoms with Gasteiger partial charge in [-0.05, 0) is 13.2 Å². The molecule has 0 aromatic carbocycles. The zero-order valence-corrected chi connectivity index (χ0v) is 10.9. The highest BCUT2D eigenvalue weighted by Gasteiger charge is 2.42. The number of rotatable bonds is 7. The largest absolute Gasteiger partial charge is 0.409 e. The Morgan fingerprint density at radius 1 is 1.50 bits per heavy atom. The molecule has 18 heavy (non-hydrogen) atoms. The van der Waals surface area contributed by atoms with Crippen LogP contribution in [-0.4, -0.2) is 53.0 Å². The number of amidine groups is 1. The fraction of sp³-hybridized carbons (Fsp3) is 0.889. The van der Waals surface area contributed by atoms with Gasteiger partial charge in [-0.15, -0.1) is 0 Å². The zero-order valence-electron chi connectivity index (χ0n) is 10.1. The Bertz CT molecular complexity index is 272. The van der Waals surface area contributed by atoms with Crippen LogP contribution in [-0.2, 0) is 0 Å². The van der Waals surface area contributed by atoms with Crippen LogP contribution in [0.4, 0.5) is 13.2 Å². The molecule has 0 amide bonds. The number of nitrogens with zero attached hydrogens (tertiary/aromatic N) is 1. The summed E-state index contributed by atoms with van der Waals surface area (Å²) in [6, 6.07) is -0.332. The molecule has 5 N–H and O–H groups in total. The van der Waals surface area contributed by atoms with E-state index in [1.807, 2.05) is 0 Å². The van der Waals surface area contributed by atoms with Crippen molar-refractivity contribution >= 4 is 17.6 Å². The number of halogens is 3. The molecule has 9 heteroatoms. The summed E-state index contributed by atoms with van der Waals surface area (Å²) >= 11 is 1.35. The molecule has 0 fully saturated rings. The van der Waals surface area contributed by atoms with E-state index < -0.39 is 24.5 Å². The van der Waals surface area contributed by atoms with Gasteiger partial charge in [0.2, 0.25) is 0 Å². The maximum atomic E-state index is 12.6. The van der Waals surface area contributed by atoms with E-state index in [0.29, 0.717) is 0 Å². The number of nitrogens with one attached hydrogen (secondary N) is 1. The van der Waals surface area contributed by atoms with Gasteiger partial charge in [0.1, 0.15) is 5.92 Å². The Morgan fingerprint density at radius 3 is 2.39 bits per heavy atom. The van der Waals surface area contributed by atoms with Crippen LogP contribution in [0, 0.1) is 5.92 Å². The van der Waals surface area contributed by atoms with Crippen LogP contribution in [0.5, 0.6) is 0 Å². The van der Waals surface area contributed by atoms with Crippen LogP contribution in [0.15, 0.2) is 5.16 Å². The van der Waals surface area contributed by atoms with Crippen LogP contribution in [0.25, 0.3) is 0 Å². The molecule has 0 aliphatic carbocycles. The van der Waals surface area contributed by atoms with Gasteiger partial charge in [0.05, 0.1) is 6.61 Å². The van der Waals surface area contributed by atoms with Crippen LogP contribution in [0.2, 0.25) is 0 Å². The maximum Gasteiger partial charge on any atom is 0.400 e. The van der Waals surface area contributed by atoms with Gasteiger partial charge < -0.3 is 21.4 Å². The van der Waals surface area contributed by atoms with Gasteiger partial charge in [0, 0.05) is 17.8 Å². The van der Waals surface area contributed by atoms with Crippen LogP contribution in [0.3, 0.4) is 0 Å². The number of thioether (sulfide) groups is 1. The van der Waals surface area contributed by atoms with Gasteiger partial charge in [-0.1, -0.05) is 5.16 Å². The topological polar surface area (TPSA) is 90.9 Å². The van der Waals surface area contributed by atoms with E-state index in [1.54, 1.807) is 13.2 Å². The minimum atomic E-state index is -4.59. The zero-order chi connectivity index (χ0) is 14.3. The summed E-state index contributed by atoms with van der Waals surface area (Å²) < 4.78 is 37.8. The molecular weight excluding hydrogens is 271 g/mol. The summed E-state index contributed by atoms with van der Waals surface area (Å²) in [6.07, 6.45) is -2.83. The lowest BCUT2D eigenvalue weighted by molar-refractivity contribution is -0.155. The number of hydrogen-bond donors (Lipinski definition) is 4. The van der Waals surface area contributed by atoms with Gasteiger partial charge >= 0.3 is 6.18 Å². The highest BCUT2D eigenvalue weighted by Crippen LogP contribution is 2.26. The number of aliphatic hydroxyl groups excluding tert-OH is 1. The molecular formula is C9H18F3N3O2S. The van der Waals surface area contributed by atoms with E-state index in [0.717, 1.165) is 0 Å². The van der Waals surface area contributed by atoms with E-state index in [1.165, 1.54) is 11.8 Å². The summed E-state index contributed by atoms with van der Waals surface area (Å²) in [5.74, 6) is -2.93. The lowest BCUT2D eigenvalue weighted by Crippen LogP contribution is -2.47. The minimum Gasteiger partial charge on any atom is -0.409 e. The quantitative estimate of drug-likeness (QED) is 0.239. The highest BCUT2D eigenvalue weighted by atomic mass is 32.2. The summed E-state index contributed by atoms with van der Waals surface area (Å²) in [5, 5.41) is 22.1. The third kappa shape index (κ3) is 5.32. The second-order valence-corrected chi connectivity index (χ2v) is 4.85. The Labute approximate surface area is 108 Å². The second-order valence-electron chi connectivity index (χ2n) is 3.77. The molecule has 0 saturated carbocycles. The molecule has 0 spiro atoms. The van der Waals surface area contributed by atoms with Crippen molar-refractivity contribution in [2.75, 3.05) is 19.4 Å². The first kappa shape index (κ1) is 17.3. The highest BCUT2D eigenvalue weighted by molar-refractivity contribution is 7.99. The van der Waals surface area contributed by atoms with Crippen molar-refractivity contribution in [1.29, 1.82) is 0 Å². The first-order chi connectivity index (χ1) is 8.27. The van der Waals surface area contributed by atoms with Crippen molar-refractivity contribution < 1.29 is 23.5 Å². The molecule has 0 aromatic rings. The van der Waals surface area contributed by atoms with Crippen molar-refractivity contribution in [2.45, 2.75) is 24.4 Å². The first-order valence-electron chi connectivity index (χ1n) is 5.19. The molecule has 3 atom stereocenters. The average Bonchev–Trinajstić information content (AvgIpc) is 2.28.